The predicted octanol–water partition coefficient (Wildman–Crippen LogP) is 6.14. The largest absolute Gasteiger partial charge is 0.125 e. The summed E-state index contributed by atoms with van der Waals surface area (Å²) in [5.41, 5.74) is 0. The first-order valence-electron chi connectivity index (χ1n) is 7.01. The molecule has 0 aromatic heterocycles. The summed E-state index contributed by atoms with van der Waals surface area (Å²) in [4.78, 5) is 0. The zero-order valence-corrected chi connectivity index (χ0v) is 12.3. The van der Waals surface area contributed by atoms with Gasteiger partial charge in [-0.3, -0.25) is 0 Å². The summed E-state index contributed by atoms with van der Waals surface area (Å²) < 4.78 is 0. The first kappa shape index (κ1) is 16.6. The van der Waals surface area contributed by atoms with E-state index in [0.29, 0.717) is 5.88 Å². The molecule has 0 heterocycles. The highest BCUT2D eigenvalue weighted by Crippen LogP contribution is 2.14. The second kappa shape index (κ2) is 13.6. The SMILES string of the molecule is CCCCCCCCCCCC[C@H](Cl)CCl. The molecule has 0 fully saturated rings. The van der Waals surface area contributed by atoms with Gasteiger partial charge >= 0.3 is 0 Å². The lowest BCUT2D eigenvalue weighted by Gasteiger charge is -2.05. The smallest absolute Gasteiger partial charge is 0.0471 e. The molecule has 0 unspecified atom stereocenters. The topological polar surface area (TPSA) is 0 Å². The molecule has 0 aliphatic heterocycles. The van der Waals surface area contributed by atoms with Gasteiger partial charge in [-0.15, -0.1) is 23.2 Å². The maximum absolute atomic E-state index is 5.94. The molecule has 1 atom stereocenters. The Morgan fingerprint density at radius 3 is 1.62 bits per heavy atom. The van der Waals surface area contributed by atoms with Crippen molar-refractivity contribution in [1.29, 1.82) is 0 Å². The highest BCUT2D eigenvalue weighted by molar-refractivity contribution is 6.28. The number of rotatable bonds is 12. The monoisotopic (exact) mass is 266 g/mol. The van der Waals surface area contributed by atoms with E-state index in [2.05, 4.69) is 6.92 Å². The third-order valence-electron chi connectivity index (χ3n) is 3.04. The van der Waals surface area contributed by atoms with Gasteiger partial charge in [0, 0.05) is 11.3 Å². The molecule has 0 rings (SSSR count). The summed E-state index contributed by atoms with van der Waals surface area (Å²) >= 11 is 11.6. The van der Waals surface area contributed by atoms with Crippen LogP contribution in [0.3, 0.4) is 0 Å². The molecule has 0 N–H and O–H groups in total. The Hall–Kier alpha value is 0.580. The van der Waals surface area contributed by atoms with Gasteiger partial charge in [0.1, 0.15) is 0 Å². The summed E-state index contributed by atoms with van der Waals surface area (Å²) in [6.45, 7) is 2.27. The van der Waals surface area contributed by atoms with Crippen molar-refractivity contribution in [3.63, 3.8) is 0 Å². The number of alkyl halides is 2. The second-order valence-electron chi connectivity index (χ2n) is 4.72. The van der Waals surface area contributed by atoms with Gasteiger partial charge in [-0.25, -0.2) is 0 Å². The summed E-state index contributed by atoms with van der Waals surface area (Å²) in [5, 5.41) is 0.190. The van der Waals surface area contributed by atoms with Gasteiger partial charge in [0.2, 0.25) is 0 Å². The average molecular weight is 267 g/mol. The lowest BCUT2D eigenvalue weighted by Crippen LogP contribution is -1.99. The van der Waals surface area contributed by atoms with Gasteiger partial charge in [-0.1, -0.05) is 71.1 Å². The van der Waals surface area contributed by atoms with Crippen molar-refractivity contribution in [1.82, 2.24) is 0 Å². The molecule has 0 amide bonds. The van der Waals surface area contributed by atoms with E-state index < -0.39 is 0 Å². The van der Waals surface area contributed by atoms with Gasteiger partial charge < -0.3 is 0 Å². The van der Waals surface area contributed by atoms with Crippen LogP contribution in [-0.2, 0) is 0 Å². The number of hydrogen-bond donors (Lipinski definition) is 0. The Bertz CT molecular complexity index is 126. The molecule has 0 radical (unpaired) electrons. The molecular formula is C14H28Cl2. The van der Waals surface area contributed by atoms with E-state index in [0.717, 1.165) is 6.42 Å². The maximum atomic E-state index is 5.94. The lowest BCUT2D eigenvalue weighted by atomic mass is 10.1. The van der Waals surface area contributed by atoms with Crippen LogP contribution in [0.15, 0.2) is 0 Å². The van der Waals surface area contributed by atoms with Gasteiger partial charge in [0.25, 0.3) is 0 Å². The molecule has 16 heavy (non-hydrogen) atoms. The standard InChI is InChI=1S/C14H28Cl2/c1-2-3-4-5-6-7-8-9-10-11-12-14(16)13-15/h14H,2-13H2,1H3/t14-/m0/s1. The minimum absolute atomic E-state index is 0.190. The molecule has 0 bridgehead atoms. The summed E-state index contributed by atoms with van der Waals surface area (Å²) in [7, 11) is 0. The predicted molar refractivity (Wildman–Crippen MR) is 76.8 cm³/mol. The van der Waals surface area contributed by atoms with Crippen LogP contribution >= 0.6 is 23.2 Å². The third kappa shape index (κ3) is 12.6. The van der Waals surface area contributed by atoms with E-state index in [-0.39, 0.29) is 5.38 Å². The molecular weight excluding hydrogens is 239 g/mol. The summed E-state index contributed by atoms with van der Waals surface area (Å²) in [6.07, 6.45) is 14.9. The Labute approximate surface area is 112 Å². The molecule has 98 valence electrons. The van der Waals surface area contributed by atoms with Crippen LogP contribution in [0.1, 0.15) is 77.6 Å². The van der Waals surface area contributed by atoms with E-state index >= 15 is 0 Å². The average Bonchev–Trinajstić information content (AvgIpc) is 2.31. The van der Waals surface area contributed by atoms with Gasteiger partial charge in [-0.2, -0.15) is 0 Å². The van der Waals surface area contributed by atoms with Crippen molar-refractivity contribution < 1.29 is 0 Å². The van der Waals surface area contributed by atoms with Crippen molar-refractivity contribution >= 4 is 23.2 Å². The number of halogens is 2. The first-order chi connectivity index (χ1) is 7.81. The van der Waals surface area contributed by atoms with Gasteiger partial charge in [-0.05, 0) is 6.42 Å². The normalized spacial score (nSPS) is 12.9. The number of hydrogen-bond acceptors (Lipinski definition) is 0. The Balaban J connectivity index is 2.93. The lowest BCUT2D eigenvalue weighted by molar-refractivity contribution is 0.549. The molecule has 0 aromatic rings. The van der Waals surface area contributed by atoms with E-state index in [4.69, 9.17) is 23.2 Å². The zero-order chi connectivity index (χ0) is 12.1. The molecule has 0 saturated heterocycles. The summed E-state index contributed by atoms with van der Waals surface area (Å²) in [5.74, 6) is 0.596. The van der Waals surface area contributed by atoms with Crippen molar-refractivity contribution in [2.45, 2.75) is 82.9 Å². The quantitative estimate of drug-likeness (QED) is 0.294. The maximum Gasteiger partial charge on any atom is 0.0471 e. The van der Waals surface area contributed by atoms with Gasteiger partial charge in [0.05, 0.1) is 0 Å². The van der Waals surface area contributed by atoms with E-state index in [1.165, 1.54) is 64.2 Å². The fourth-order valence-electron chi connectivity index (χ4n) is 1.93. The highest BCUT2D eigenvalue weighted by Gasteiger charge is 2.01. The molecule has 0 aliphatic carbocycles. The molecule has 0 nitrogen and oxygen atoms in total. The fraction of sp³-hybridized carbons (Fsp3) is 1.00. The number of unbranched alkanes of at least 4 members (excludes halogenated alkanes) is 9. The van der Waals surface area contributed by atoms with Crippen molar-refractivity contribution in [2.24, 2.45) is 0 Å². The van der Waals surface area contributed by atoms with Gasteiger partial charge in [0.15, 0.2) is 0 Å². The Morgan fingerprint density at radius 1 is 0.750 bits per heavy atom. The van der Waals surface area contributed by atoms with Crippen LogP contribution in [-0.4, -0.2) is 11.3 Å². The van der Waals surface area contributed by atoms with Crippen molar-refractivity contribution in [3.8, 4) is 0 Å². The third-order valence-corrected chi connectivity index (χ3v) is 3.94. The minimum Gasteiger partial charge on any atom is -0.125 e. The van der Waals surface area contributed by atoms with Crippen molar-refractivity contribution in [3.05, 3.63) is 0 Å². The molecule has 0 spiro atoms. The Morgan fingerprint density at radius 2 is 1.19 bits per heavy atom. The highest BCUT2D eigenvalue weighted by atomic mass is 35.5. The van der Waals surface area contributed by atoms with E-state index in [9.17, 15) is 0 Å². The van der Waals surface area contributed by atoms with E-state index in [1.54, 1.807) is 0 Å². The Kier molecular flexibility index (Phi) is 14.1. The fourth-order valence-corrected chi connectivity index (χ4v) is 2.24. The van der Waals surface area contributed by atoms with Crippen LogP contribution in [0.4, 0.5) is 0 Å². The molecule has 0 aromatic carbocycles. The van der Waals surface area contributed by atoms with Crippen LogP contribution in [0.25, 0.3) is 0 Å². The zero-order valence-electron chi connectivity index (χ0n) is 10.8. The van der Waals surface area contributed by atoms with Crippen LogP contribution < -0.4 is 0 Å². The minimum atomic E-state index is 0.190. The summed E-state index contributed by atoms with van der Waals surface area (Å²) in [6, 6.07) is 0. The first-order valence-corrected chi connectivity index (χ1v) is 7.98. The van der Waals surface area contributed by atoms with Crippen LogP contribution in [0, 0.1) is 0 Å². The molecule has 2 heteroatoms. The van der Waals surface area contributed by atoms with Crippen molar-refractivity contribution in [2.75, 3.05) is 5.88 Å². The van der Waals surface area contributed by atoms with E-state index in [1.807, 2.05) is 0 Å². The molecule has 0 saturated carbocycles. The second-order valence-corrected chi connectivity index (χ2v) is 5.65. The molecule has 0 aliphatic rings. The van der Waals surface area contributed by atoms with Crippen LogP contribution in [0.5, 0.6) is 0 Å². The van der Waals surface area contributed by atoms with Crippen LogP contribution in [0.2, 0.25) is 0 Å².